The van der Waals surface area contributed by atoms with Crippen LogP contribution in [0, 0.1) is 0 Å². The number of unbranched alkanes of at least 4 members (excludes halogenated alkanes) is 30. The van der Waals surface area contributed by atoms with E-state index in [2.05, 4.69) is 25.7 Å². The predicted molar refractivity (Wildman–Crippen MR) is 247 cm³/mol. The lowest BCUT2D eigenvalue weighted by atomic mass is 9.99. The lowest BCUT2D eigenvalue weighted by molar-refractivity contribution is -0.305. The molecule has 1 saturated heterocycles. The van der Waals surface area contributed by atoms with Gasteiger partial charge in [0.15, 0.2) is 12.4 Å². The number of carbonyl (C=O) groups is 2. The van der Waals surface area contributed by atoms with Crippen molar-refractivity contribution in [1.29, 1.82) is 0 Å². The molecule has 10 heteroatoms. The number of ether oxygens (including phenoxy) is 4. The van der Waals surface area contributed by atoms with Crippen LogP contribution >= 0.6 is 0 Å². The molecule has 0 radical (unpaired) electrons. The number of aliphatic hydroxyl groups excluding tert-OH is 4. The van der Waals surface area contributed by atoms with Gasteiger partial charge in [-0.2, -0.15) is 0 Å². The zero-order chi connectivity index (χ0) is 44.4. The van der Waals surface area contributed by atoms with Gasteiger partial charge in [0.1, 0.15) is 31.0 Å². The van der Waals surface area contributed by atoms with Gasteiger partial charge in [0, 0.05) is 12.8 Å². The van der Waals surface area contributed by atoms with Crippen molar-refractivity contribution >= 4 is 11.9 Å². The monoisotopic (exact) mass is 867 g/mol. The first-order valence-electron chi connectivity index (χ1n) is 25.4. The third kappa shape index (κ3) is 33.4. The standard InChI is InChI=1S/C51H94O10/c1-3-5-7-9-11-13-15-17-19-20-21-22-23-24-26-28-30-32-34-36-38-40-47(54)60-44(43-59-51-50(57)49(56)48(55)45(41-52)61-51)42-58-46(53)39-37-35-33-31-29-27-25-18-16-14-12-10-8-6-4-2/h4,17,19,44-45,48-52,55-57H,2-3,5-16,18,20-43H2,1H3/b19-17+/t44-,45-,48+,49?,50?,51-/m1/s1. The van der Waals surface area contributed by atoms with Crippen LogP contribution in [-0.2, 0) is 28.5 Å². The first-order chi connectivity index (χ1) is 29.8. The van der Waals surface area contributed by atoms with Gasteiger partial charge in [0.2, 0.25) is 0 Å². The molecule has 61 heavy (non-hydrogen) atoms. The van der Waals surface area contributed by atoms with Crippen LogP contribution in [0.3, 0.4) is 0 Å². The van der Waals surface area contributed by atoms with Crippen molar-refractivity contribution in [3.8, 4) is 0 Å². The summed E-state index contributed by atoms with van der Waals surface area (Å²) >= 11 is 0. The molecule has 0 aliphatic carbocycles. The fourth-order valence-corrected chi connectivity index (χ4v) is 7.93. The maximum atomic E-state index is 12.8. The molecule has 6 atom stereocenters. The summed E-state index contributed by atoms with van der Waals surface area (Å²) < 4.78 is 22.2. The van der Waals surface area contributed by atoms with Crippen molar-refractivity contribution in [2.45, 2.75) is 268 Å². The third-order valence-electron chi connectivity index (χ3n) is 12.0. The van der Waals surface area contributed by atoms with Crippen LogP contribution in [0.4, 0.5) is 0 Å². The molecule has 0 aromatic carbocycles. The summed E-state index contributed by atoms with van der Waals surface area (Å²) in [5.41, 5.74) is 0. The largest absolute Gasteiger partial charge is 0.462 e. The molecule has 0 aromatic heterocycles. The second-order valence-electron chi connectivity index (χ2n) is 17.7. The second-order valence-corrected chi connectivity index (χ2v) is 17.7. The Labute approximate surface area is 373 Å². The molecule has 0 spiro atoms. The van der Waals surface area contributed by atoms with Crippen LogP contribution in [0.15, 0.2) is 24.8 Å². The summed E-state index contributed by atoms with van der Waals surface area (Å²) in [5, 5.41) is 40.2. The highest BCUT2D eigenvalue weighted by atomic mass is 16.7. The van der Waals surface area contributed by atoms with Crippen LogP contribution in [-0.4, -0.2) is 89.0 Å². The lowest BCUT2D eigenvalue weighted by Crippen LogP contribution is -2.59. The van der Waals surface area contributed by atoms with E-state index in [-0.39, 0.29) is 32.0 Å². The number of esters is 2. The minimum atomic E-state index is -1.59. The summed E-state index contributed by atoms with van der Waals surface area (Å²) in [4.78, 5) is 25.4. The average molecular weight is 867 g/mol. The summed E-state index contributed by atoms with van der Waals surface area (Å²) in [6.07, 6.45) is 39.3. The Morgan fingerprint density at radius 1 is 0.541 bits per heavy atom. The van der Waals surface area contributed by atoms with E-state index in [4.69, 9.17) is 18.9 Å². The van der Waals surface area contributed by atoms with Gasteiger partial charge >= 0.3 is 11.9 Å². The Morgan fingerprint density at radius 3 is 1.39 bits per heavy atom. The Hall–Kier alpha value is -1.82. The van der Waals surface area contributed by atoms with E-state index in [0.29, 0.717) is 6.42 Å². The smallest absolute Gasteiger partial charge is 0.306 e. The normalized spacial score (nSPS) is 19.7. The minimum Gasteiger partial charge on any atom is -0.462 e. The molecule has 0 saturated carbocycles. The highest BCUT2D eigenvalue weighted by Gasteiger charge is 2.44. The van der Waals surface area contributed by atoms with Crippen molar-refractivity contribution in [2.75, 3.05) is 19.8 Å². The number of allylic oxidation sites excluding steroid dienone is 3. The molecular weight excluding hydrogens is 773 g/mol. The lowest BCUT2D eigenvalue weighted by Gasteiger charge is -2.39. The topological polar surface area (TPSA) is 152 Å². The van der Waals surface area contributed by atoms with E-state index in [0.717, 1.165) is 44.9 Å². The van der Waals surface area contributed by atoms with E-state index in [1.165, 1.54) is 161 Å². The number of hydrogen-bond donors (Lipinski definition) is 4. The quantitative estimate of drug-likeness (QED) is 0.0264. The number of carbonyl (C=O) groups excluding carboxylic acids is 2. The first kappa shape index (κ1) is 57.2. The van der Waals surface area contributed by atoms with E-state index < -0.39 is 49.4 Å². The van der Waals surface area contributed by atoms with Gasteiger partial charge in [-0.15, -0.1) is 6.58 Å². The highest BCUT2D eigenvalue weighted by Crippen LogP contribution is 2.23. The van der Waals surface area contributed by atoms with Crippen LogP contribution in [0.2, 0.25) is 0 Å². The summed E-state index contributed by atoms with van der Waals surface area (Å²) in [7, 11) is 0. The van der Waals surface area contributed by atoms with Gasteiger partial charge in [-0.05, 0) is 51.4 Å². The Balaban J connectivity index is 2.24. The Morgan fingerprint density at radius 2 is 0.951 bits per heavy atom. The molecule has 1 rings (SSSR count). The maximum Gasteiger partial charge on any atom is 0.306 e. The van der Waals surface area contributed by atoms with Crippen molar-refractivity contribution < 1.29 is 49.0 Å². The summed E-state index contributed by atoms with van der Waals surface area (Å²) in [6, 6.07) is 0. The number of rotatable bonds is 44. The van der Waals surface area contributed by atoms with Gasteiger partial charge in [-0.3, -0.25) is 9.59 Å². The Kier molecular flexibility index (Phi) is 39.5. The van der Waals surface area contributed by atoms with Gasteiger partial charge in [0.25, 0.3) is 0 Å². The SMILES string of the molecule is C=CCCCCCCCCCCCCCCCC(=O)OC[C@H](CO[C@@H]1O[C@H](CO)[C@H](O)C(O)C1O)OC(=O)CCCCCCCCCCCCC/C=C/CCCCCCCC. The van der Waals surface area contributed by atoms with Gasteiger partial charge < -0.3 is 39.4 Å². The van der Waals surface area contributed by atoms with E-state index in [9.17, 15) is 30.0 Å². The molecule has 4 N–H and O–H groups in total. The second kappa shape index (κ2) is 42.1. The average Bonchev–Trinajstić information content (AvgIpc) is 3.26. The minimum absolute atomic E-state index is 0.215. The van der Waals surface area contributed by atoms with Crippen LogP contribution in [0.1, 0.15) is 232 Å². The van der Waals surface area contributed by atoms with Crippen molar-refractivity contribution in [3.05, 3.63) is 24.8 Å². The van der Waals surface area contributed by atoms with Gasteiger partial charge in [-0.1, -0.05) is 186 Å². The molecule has 10 nitrogen and oxygen atoms in total. The van der Waals surface area contributed by atoms with Crippen LogP contribution < -0.4 is 0 Å². The molecular formula is C51H94O10. The van der Waals surface area contributed by atoms with Crippen molar-refractivity contribution in [1.82, 2.24) is 0 Å². The molecule has 1 fully saturated rings. The highest BCUT2D eigenvalue weighted by molar-refractivity contribution is 5.70. The number of aliphatic hydroxyl groups is 4. The van der Waals surface area contributed by atoms with Gasteiger partial charge in [0.05, 0.1) is 13.2 Å². The summed E-state index contributed by atoms with van der Waals surface area (Å²) in [5.74, 6) is -0.800. The molecule has 1 aliphatic rings. The fourth-order valence-electron chi connectivity index (χ4n) is 7.93. The van der Waals surface area contributed by atoms with E-state index >= 15 is 0 Å². The fraction of sp³-hybridized carbons (Fsp3) is 0.882. The summed E-state index contributed by atoms with van der Waals surface area (Å²) in [6.45, 7) is 4.97. The van der Waals surface area contributed by atoms with Gasteiger partial charge in [-0.25, -0.2) is 0 Å². The molecule has 0 bridgehead atoms. The molecule has 2 unspecified atom stereocenters. The third-order valence-corrected chi connectivity index (χ3v) is 12.0. The number of hydrogen-bond acceptors (Lipinski definition) is 10. The molecule has 1 aliphatic heterocycles. The van der Waals surface area contributed by atoms with Crippen LogP contribution in [0.25, 0.3) is 0 Å². The molecule has 358 valence electrons. The van der Waals surface area contributed by atoms with E-state index in [1.54, 1.807) is 0 Å². The Bertz CT molecular complexity index is 1030. The maximum absolute atomic E-state index is 12.8. The molecule has 0 amide bonds. The first-order valence-corrected chi connectivity index (χ1v) is 25.4. The van der Waals surface area contributed by atoms with Crippen LogP contribution in [0.5, 0.6) is 0 Å². The van der Waals surface area contributed by atoms with E-state index in [1.807, 2.05) is 6.08 Å². The molecule has 1 heterocycles. The van der Waals surface area contributed by atoms with Crippen molar-refractivity contribution in [3.63, 3.8) is 0 Å². The molecule has 0 aromatic rings. The van der Waals surface area contributed by atoms with Crippen molar-refractivity contribution in [2.24, 2.45) is 0 Å². The zero-order valence-electron chi connectivity index (χ0n) is 39.0. The predicted octanol–water partition coefficient (Wildman–Crippen LogP) is 11.7. The zero-order valence-corrected chi connectivity index (χ0v) is 39.0.